The molecule has 0 aromatic heterocycles. The molecule has 1 aromatic rings. The molecule has 1 aromatic carbocycles. The second-order valence-electron chi connectivity index (χ2n) is 4.14. The maximum Gasteiger partial charge on any atom is 0.223 e. The number of nitrogens with two attached hydrogens (primary N) is 3. The summed E-state index contributed by atoms with van der Waals surface area (Å²) in [6.07, 6.45) is -0.151. The van der Waals surface area contributed by atoms with Crippen LogP contribution in [0.4, 0.5) is 5.69 Å². The zero-order valence-electron chi connectivity index (χ0n) is 11.1. The van der Waals surface area contributed by atoms with Crippen LogP contribution in [0.25, 0.3) is 0 Å². The molecule has 0 radical (unpaired) electrons. The molecular weight excluding hydrogens is 262 g/mol. The maximum atomic E-state index is 5.73. The molecule has 1 aliphatic rings. The van der Waals surface area contributed by atoms with E-state index in [9.17, 15) is 0 Å². The third-order valence-electron chi connectivity index (χ3n) is 2.49. The van der Waals surface area contributed by atoms with Gasteiger partial charge in [0.2, 0.25) is 5.96 Å². The van der Waals surface area contributed by atoms with Crippen LogP contribution in [0.2, 0.25) is 0 Å². The number of nitrogens with zero attached hydrogens (tertiary/aromatic N) is 2. The lowest BCUT2D eigenvalue weighted by atomic mass is 10.2. The highest BCUT2D eigenvalue weighted by atomic mass is 16.6. The normalized spacial score (nSPS) is 17.6. The van der Waals surface area contributed by atoms with Crippen LogP contribution in [0.1, 0.15) is 0 Å². The summed E-state index contributed by atoms with van der Waals surface area (Å²) in [6, 6.07) is 5.18. The number of hydrogen-bond acceptors (Lipinski definition) is 4. The molecule has 108 valence electrons. The Labute approximate surface area is 116 Å². The number of methoxy groups -OCH3 is 1. The molecule has 0 saturated heterocycles. The molecule has 1 heterocycles. The molecular formula is C12H17N5O3. The Kier molecular flexibility index (Phi) is 4.26. The van der Waals surface area contributed by atoms with Gasteiger partial charge in [-0.3, -0.25) is 0 Å². The first kappa shape index (κ1) is 13.9. The molecule has 6 N–H and O–H groups in total. The minimum absolute atomic E-state index is 0.0323. The highest BCUT2D eigenvalue weighted by Gasteiger charge is 2.21. The number of aliphatic imine (C=N–C) groups is 2. The van der Waals surface area contributed by atoms with E-state index in [0.717, 1.165) is 0 Å². The molecule has 1 aliphatic heterocycles. The second-order valence-corrected chi connectivity index (χ2v) is 4.14. The fourth-order valence-electron chi connectivity index (χ4n) is 1.73. The van der Waals surface area contributed by atoms with E-state index in [2.05, 4.69) is 9.98 Å². The van der Waals surface area contributed by atoms with Gasteiger partial charge in [0.15, 0.2) is 23.6 Å². The van der Waals surface area contributed by atoms with Crippen LogP contribution in [0.15, 0.2) is 28.2 Å². The van der Waals surface area contributed by atoms with E-state index in [-0.39, 0.29) is 18.0 Å². The van der Waals surface area contributed by atoms with Crippen molar-refractivity contribution in [1.29, 1.82) is 0 Å². The summed E-state index contributed by atoms with van der Waals surface area (Å²) in [5.74, 6) is 1.05. The van der Waals surface area contributed by atoms with Crippen molar-refractivity contribution < 1.29 is 14.2 Å². The third-order valence-corrected chi connectivity index (χ3v) is 2.49. The van der Waals surface area contributed by atoms with E-state index in [4.69, 9.17) is 31.4 Å². The summed E-state index contributed by atoms with van der Waals surface area (Å²) in [5, 5.41) is 0. The fraction of sp³-hybridized carbons (Fsp3) is 0.333. The van der Waals surface area contributed by atoms with E-state index in [1.807, 2.05) is 0 Å². The topological polar surface area (TPSA) is 130 Å². The Morgan fingerprint density at radius 2 is 2.15 bits per heavy atom. The third kappa shape index (κ3) is 3.51. The predicted octanol–water partition coefficient (Wildman–Crippen LogP) is -0.308. The van der Waals surface area contributed by atoms with E-state index in [1.165, 1.54) is 0 Å². The smallest absolute Gasteiger partial charge is 0.223 e. The predicted molar refractivity (Wildman–Crippen MR) is 75.3 cm³/mol. The Morgan fingerprint density at radius 1 is 1.35 bits per heavy atom. The quantitative estimate of drug-likeness (QED) is 0.514. The highest BCUT2D eigenvalue weighted by Crippen LogP contribution is 2.35. The maximum absolute atomic E-state index is 5.73. The van der Waals surface area contributed by atoms with Crippen molar-refractivity contribution in [2.45, 2.75) is 6.10 Å². The monoisotopic (exact) mass is 279 g/mol. The number of hydrogen-bond donors (Lipinski definition) is 3. The van der Waals surface area contributed by atoms with Crippen molar-refractivity contribution >= 4 is 17.6 Å². The number of fused-ring (bicyclic) bond motifs is 1. The van der Waals surface area contributed by atoms with Crippen molar-refractivity contribution in [1.82, 2.24) is 0 Å². The molecule has 1 unspecified atom stereocenters. The minimum atomic E-state index is -0.151. The molecule has 0 saturated carbocycles. The minimum Gasteiger partial charge on any atom is -0.486 e. The lowest BCUT2D eigenvalue weighted by Gasteiger charge is -2.26. The van der Waals surface area contributed by atoms with E-state index >= 15 is 0 Å². The summed E-state index contributed by atoms with van der Waals surface area (Å²) < 4.78 is 16.3. The second kappa shape index (κ2) is 6.11. The van der Waals surface area contributed by atoms with Gasteiger partial charge in [-0.25, -0.2) is 4.99 Å². The molecule has 20 heavy (non-hydrogen) atoms. The highest BCUT2D eigenvalue weighted by molar-refractivity contribution is 5.93. The van der Waals surface area contributed by atoms with Gasteiger partial charge in [-0.1, -0.05) is 0 Å². The summed E-state index contributed by atoms with van der Waals surface area (Å²) in [5.41, 5.74) is 16.6. The van der Waals surface area contributed by atoms with Crippen LogP contribution >= 0.6 is 0 Å². The first-order chi connectivity index (χ1) is 9.58. The molecule has 2 rings (SSSR count). The van der Waals surface area contributed by atoms with Gasteiger partial charge < -0.3 is 31.4 Å². The number of benzene rings is 1. The molecule has 0 bridgehead atoms. The van der Waals surface area contributed by atoms with Crippen molar-refractivity contribution in [3.63, 3.8) is 0 Å². The zero-order valence-corrected chi connectivity index (χ0v) is 11.1. The van der Waals surface area contributed by atoms with Crippen LogP contribution in [-0.2, 0) is 4.74 Å². The number of rotatable bonds is 3. The fourth-order valence-corrected chi connectivity index (χ4v) is 1.73. The zero-order chi connectivity index (χ0) is 14.5. The largest absolute Gasteiger partial charge is 0.486 e. The van der Waals surface area contributed by atoms with Gasteiger partial charge in [-0.15, -0.1) is 0 Å². The molecule has 0 fully saturated rings. The van der Waals surface area contributed by atoms with Gasteiger partial charge in [0.25, 0.3) is 0 Å². The van der Waals surface area contributed by atoms with Gasteiger partial charge in [-0.05, 0) is 12.1 Å². The number of ether oxygens (including phenoxy) is 3. The van der Waals surface area contributed by atoms with Crippen LogP contribution in [0.5, 0.6) is 11.5 Å². The van der Waals surface area contributed by atoms with Gasteiger partial charge in [-0.2, -0.15) is 4.99 Å². The van der Waals surface area contributed by atoms with E-state index in [0.29, 0.717) is 30.4 Å². The summed E-state index contributed by atoms with van der Waals surface area (Å²) >= 11 is 0. The first-order valence-electron chi connectivity index (χ1n) is 5.94. The van der Waals surface area contributed by atoms with Crippen molar-refractivity contribution in [2.24, 2.45) is 27.2 Å². The Balaban J connectivity index is 2.19. The van der Waals surface area contributed by atoms with Crippen LogP contribution in [-0.4, -0.2) is 38.3 Å². The van der Waals surface area contributed by atoms with Crippen molar-refractivity contribution in [2.75, 3.05) is 20.3 Å². The Morgan fingerprint density at radius 3 is 2.85 bits per heavy atom. The molecule has 0 amide bonds. The van der Waals surface area contributed by atoms with E-state index < -0.39 is 0 Å². The lowest BCUT2D eigenvalue weighted by molar-refractivity contribution is 0.0273. The van der Waals surface area contributed by atoms with Gasteiger partial charge in [0.1, 0.15) is 6.61 Å². The van der Waals surface area contributed by atoms with Crippen molar-refractivity contribution in [3.05, 3.63) is 18.2 Å². The lowest BCUT2D eigenvalue weighted by Crippen LogP contribution is -2.32. The van der Waals surface area contributed by atoms with E-state index in [1.54, 1.807) is 25.3 Å². The summed E-state index contributed by atoms with van der Waals surface area (Å²) in [6.45, 7) is 0.892. The van der Waals surface area contributed by atoms with Gasteiger partial charge in [0, 0.05) is 13.2 Å². The van der Waals surface area contributed by atoms with Gasteiger partial charge >= 0.3 is 0 Å². The van der Waals surface area contributed by atoms with Gasteiger partial charge in [0.05, 0.1) is 12.3 Å². The molecule has 0 spiro atoms. The molecule has 8 nitrogen and oxygen atoms in total. The van der Waals surface area contributed by atoms with Crippen LogP contribution in [0, 0.1) is 0 Å². The molecule has 8 heteroatoms. The number of guanidine groups is 2. The SMILES string of the molecule is COCC1COc2ccc(N=C(N)N=C(N)N)cc2O1. The summed E-state index contributed by atoms with van der Waals surface area (Å²) in [4.78, 5) is 7.70. The average molecular weight is 279 g/mol. The van der Waals surface area contributed by atoms with Crippen LogP contribution < -0.4 is 26.7 Å². The average Bonchev–Trinajstić information content (AvgIpc) is 2.37. The standard InChI is InChI=1S/C12H17N5O3/c1-18-5-8-6-19-9-3-2-7(4-10(9)20-8)16-12(15)17-11(13)14/h2-4,8H,5-6H2,1H3,(H6,13,14,15,16,17). The Bertz CT molecular complexity index is 540. The molecule has 0 aliphatic carbocycles. The summed E-state index contributed by atoms with van der Waals surface area (Å²) in [7, 11) is 1.61. The first-order valence-corrected chi connectivity index (χ1v) is 5.94. The Hall–Kier alpha value is -2.48. The molecule has 1 atom stereocenters. The van der Waals surface area contributed by atoms with Crippen molar-refractivity contribution in [3.8, 4) is 11.5 Å². The van der Waals surface area contributed by atoms with Crippen LogP contribution in [0.3, 0.4) is 0 Å².